The van der Waals surface area contributed by atoms with E-state index in [1.54, 1.807) is 6.07 Å². The van der Waals surface area contributed by atoms with Gasteiger partial charge in [0.2, 0.25) is 0 Å². The summed E-state index contributed by atoms with van der Waals surface area (Å²) in [5.41, 5.74) is 0.845. The molecule has 2 N–H and O–H groups in total. The van der Waals surface area contributed by atoms with Gasteiger partial charge in [-0.1, -0.05) is 67.3 Å². The number of halogens is 1. The molecule has 1 aromatic rings. The lowest BCUT2D eigenvalue weighted by Crippen LogP contribution is -1.91. The van der Waals surface area contributed by atoms with Crippen LogP contribution in [0, 0.1) is 0 Å². The summed E-state index contributed by atoms with van der Waals surface area (Å²) < 4.78 is 0.279. The summed E-state index contributed by atoms with van der Waals surface area (Å²) in [4.78, 5) is 0. The molecule has 0 aliphatic heterocycles. The van der Waals surface area contributed by atoms with E-state index in [0.717, 1.165) is 12.0 Å². The quantitative estimate of drug-likeness (QED) is 0.347. The number of para-hydroxylation sites is 1. The zero-order valence-electron chi connectivity index (χ0n) is 9.62. The lowest BCUT2D eigenvalue weighted by atomic mass is 10.0. The van der Waals surface area contributed by atoms with Crippen molar-refractivity contribution in [1.29, 1.82) is 0 Å². The highest BCUT2D eigenvalue weighted by atomic mass is 127. The first kappa shape index (κ1) is 13.6. The van der Waals surface area contributed by atoms with E-state index in [1.807, 2.05) is 6.07 Å². The van der Waals surface area contributed by atoms with Gasteiger partial charge >= 0.3 is 0 Å². The first-order chi connectivity index (χ1) is 7.66. The van der Waals surface area contributed by atoms with Crippen LogP contribution in [0.2, 0.25) is 0 Å². The summed E-state index contributed by atoms with van der Waals surface area (Å²) in [6.45, 7) is 2.20. The second-order valence-electron chi connectivity index (χ2n) is 4.03. The minimum Gasteiger partial charge on any atom is -0.504 e. The Morgan fingerprint density at radius 2 is 1.94 bits per heavy atom. The smallest absolute Gasteiger partial charge is 0.161 e. The molecule has 16 heavy (non-hydrogen) atoms. The van der Waals surface area contributed by atoms with Crippen LogP contribution in [0.15, 0.2) is 18.2 Å². The SMILES string of the molecule is CCCCCCC(I)c1cccc(O)c1O. The van der Waals surface area contributed by atoms with Gasteiger partial charge in [0.25, 0.3) is 0 Å². The van der Waals surface area contributed by atoms with Gasteiger partial charge in [0.1, 0.15) is 0 Å². The molecule has 0 aliphatic rings. The number of phenols is 2. The molecule has 1 aromatic carbocycles. The molecule has 0 amide bonds. The third-order valence-electron chi connectivity index (χ3n) is 2.69. The molecule has 0 fully saturated rings. The van der Waals surface area contributed by atoms with Crippen LogP contribution < -0.4 is 0 Å². The fraction of sp³-hybridized carbons (Fsp3) is 0.538. The molecule has 0 saturated heterocycles. The van der Waals surface area contributed by atoms with E-state index in [-0.39, 0.29) is 15.4 Å². The minimum atomic E-state index is -0.0206. The Hall–Kier alpha value is -0.450. The zero-order chi connectivity index (χ0) is 12.0. The van der Waals surface area contributed by atoms with Crippen LogP contribution in [-0.4, -0.2) is 10.2 Å². The summed E-state index contributed by atoms with van der Waals surface area (Å²) in [6.07, 6.45) is 5.99. The van der Waals surface area contributed by atoms with Crippen molar-refractivity contribution in [2.24, 2.45) is 0 Å². The van der Waals surface area contributed by atoms with E-state index in [9.17, 15) is 10.2 Å². The molecule has 0 radical (unpaired) electrons. The van der Waals surface area contributed by atoms with Crippen LogP contribution in [0.5, 0.6) is 11.5 Å². The summed E-state index contributed by atoms with van der Waals surface area (Å²) >= 11 is 2.33. The molecule has 2 nitrogen and oxygen atoms in total. The number of rotatable bonds is 6. The van der Waals surface area contributed by atoms with Gasteiger partial charge in [-0.05, 0) is 12.5 Å². The highest BCUT2D eigenvalue weighted by Crippen LogP contribution is 2.39. The second kappa shape index (κ2) is 6.99. The Labute approximate surface area is 111 Å². The monoisotopic (exact) mass is 334 g/mol. The number of aromatic hydroxyl groups is 2. The number of alkyl halides is 1. The van der Waals surface area contributed by atoms with E-state index in [4.69, 9.17) is 0 Å². The van der Waals surface area contributed by atoms with Gasteiger partial charge in [-0.2, -0.15) is 0 Å². The van der Waals surface area contributed by atoms with E-state index >= 15 is 0 Å². The lowest BCUT2D eigenvalue weighted by Gasteiger charge is -2.12. The van der Waals surface area contributed by atoms with Crippen molar-refractivity contribution in [2.45, 2.75) is 43.0 Å². The highest BCUT2D eigenvalue weighted by molar-refractivity contribution is 14.1. The van der Waals surface area contributed by atoms with E-state index in [2.05, 4.69) is 29.5 Å². The molecule has 0 heterocycles. The van der Waals surface area contributed by atoms with Crippen molar-refractivity contribution in [2.75, 3.05) is 0 Å². The molecule has 0 saturated carbocycles. The molecular weight excluding hydrogens is 315 g/mol. The minimum absolute atomic E-state index is 0.0206. The summed E-state index contributed by atoms with van der Waals surface area (Å²) in [7, 11) is 0. The Kier molecular flexibility index (Phi) is 5.95. The molecule has 3 heteroatoms. The Morgan fingerprint density at radius 3 is 2.62 bits per heavy atom. The molecular formula is C13H19IO2. The molecule has 0 bridgehead atoms. The van der Waals surface area contributed by atoms with E-state index in [0.29, 0.717) is 0 Å². The van der Waals surface area contributed by atoms with Crippen molar-refractivity contribution < 1.29 is 10.2 Å². The highest BCUT2D eigenvalue weighted by Gasteiger charge is 2.13. The van der Waals surface area contributed by atoms with Gasteiger partial charge in [-0.15, -0.1) is 0 Å². The maximum atomic E-state index is 9.72. The molecule has 0 aromatic heterocycles. The van der Waals surface area contributed by atoms with Crippen molar-refractivity contribution in [3.05, 3.63) is 23.8 Å². The Balaban J connectivity index is 2.52. The van der Waals surface area contributed by atoms with Gasteiger partial charge in [-0.3, -0.25) is 0 Å². The van der Waals surface area contributed by atoms with Crippen molar-refractivity contribution in [3.63, 3.8) is 0 Å². The van der Waals surface area contributed by atoms with Gasteiger partial charge in [-0.25, -0.2) is 0 Å². The van der Waals surface area contributed by atoms with Crippen LogP contribution in [0.25, 0.3) is 0 Å². The van der Waals surface area contributed by atoms with Crippen molar-refractivity contribution in [3.8, 4) is 11.5 Å². The second-order valence-corrected chi connectivity index (χ2v) is 5.54. The Morgan fingerprint density at radius 1 is 1.19 bits per heavy atom. The van der Waals surface area contributed by atoms with Crippen LogP contribution in [0.3, 0.4) is 0 Å². The van der Waals surface area contributed by atoms with Gasteiger partial charge in [0.15, 0.2) is 11.5 Å². The average molecular weight is 334 g/mol. The van der Waals surface area contributed by atoms with Crippen LogP contribution in [0.1, 0.15) is 48.5 Å². The zero-order valence-corrected chi connectivity index (χ0v) is 11.8. The molecule has 1 unspecified atom stereocenters. The summed E-state index contributed by atoms with van der Waals surface area (Å²) in [5, 5.41) is 19.1. The number of hydrogen-bond donors (Lipinski definition) is 2. The fourth-order valence-corrected chi connectivity index (χ4v) is 2.65. The number of unbranched alkanes of at least 4 members (excludes halogenated alkanes) is 3. The number of phenolic OH excluding ortho intramolecular Hbond substituents is 2. The van der Waals surface area contributed by atoms with Gasteiger partial charge in [0.05, 0.1) is 0 Å². The standard InChI is InChI=1S/C13H19IO2/c1-2-3-4-5-8-11(14)10-7-6-9-12(15)13(10)16/h6-7,9,11,15-16H,2-5,8H2,1H3. The maximum absolute atomic E-state index is 9.72. The fourth-order valence-electron chi connectivity index (χ4n) is 1.71. The molecule has 1 atom stereocenters. The normalized spacial score (nSPS) is 12.6. The van der Waals surface area contributed by atoms with Gasteiger partial charge < -0.3 is 10.2 Å². The molecule has 0 aliphatic carbocycles. The van der Waals surface area contributed by atoms with Crippen LogP contribution in [-0.2, 0) is 0 Å². The molecule has 1 rings (SSSR count). The molecule has 90 valence electrons. The van der Waals surface area contributed by atoms with Gasteiger partial charge in [0, 0.05) is 9.49 Å². The van der Waals surface area contributed by atoms with E-state index in [1.165, 1.54) is 31.7 Å². The lowest BCUT2D eigenvalue weighted by molar-refractivity contribution is 0.398. The third-order valence-corrected chi connectivity index (χ3v) is 3.99. The van der Waals surface area contributed by atoms with Crippen molar-refractivity contribution in [1.82, 2.24) is 0 Å². The van der Waals surface area contributed by atoms with E-state index < -0.39 is 0 Å². The predicted molar refractivity (Wildman–Crippen MR) is 75.3 cm³/mol. The summed E-state index contributed by atoms with van der Waals surface area (Å²) in [6, 6.07) is 5.17. The Bertz CT molecular complexity index is 326. The first-order valence-electron chi connectivity index (χ1n) is 5.81. The van der Waals surface area contributed by atoms with Crippen LogP contribution in [0.4, 0.5) is 0 Å². The maximum Gasteiger partial charge on any atom is 0.161 e. The average Bonchev–Trinajstić information content (AvgIpc) is 2.28. The predicted octanol–water partition coefficient (Wildman–Crippen LogP) is 4.54. The number of benzene rings is 1. The largest absolute Gasteiger partial charge is 0.504 e. The summed E-state index contributed by atoms with van der Waals surface area (Å²) in [5.74, 6) is 0.0186. The topological polar surface area (TPSA) is 40.5 Å². The molecule has 0 spiro atoms. The third kappa shape index (κ3) is 3.85. The van der Waals surface area contributed by atoms with Crippen molar-refractivity contribution >= 4 is 22.6 Å². The first-order valence-corrected chi connectivity index (χ1v) is 7.06. The van der Waals surface area contributed by atoms with Crippen LogP contribution >= 0.6 is 22.6 Å². The number of hydrogen-bond acceptors (Lipinski definition) is 2.